The van der Waals surface area contributed by atoms with Gasteiger partial charge in [-0.2, -0.15) is 0 Å². The molecule has 0 aliphatic carbocycles. The van der Waals surface area contributed by atoms with Crippen LogP contribution < -0.4 is 15.8 Å². The Kier molecular flexibility index (Phi) is 8.72. The van der Waals surface area contributed by atoms with Crippen molar-refractivity contribution in [3.8, 4) is 5.75 Å². The lowest BCUT2D eigenvalue weighted by molar-refractivity contribution is -0.130. The molecule has 0 bridgehead atoms. The van der Waals surface area contributed by atoms with Gasteiger partial charge in [-0.15, -0.1) is 0 Å². The van der Waals surface area contributed by atoms with E-state index in [0.717, 1.165) is 55.6 Å². The molecule has 184 valence electrons. The van der Waals surface area contributed by atoms with Gasteiger partial charge < -0.3 is 15.8 Å². The van der Waals surface area contributed by atoms with Gasteiger partial charge in [0.2, 0.25) is 11.8 Å². The predicted octanol–water partition coefficient (Wildman–Crippen LogP) is 4.37. The largest absolute Gasteiger partial charge is 0.493 e. The molecule has 1 aliphatic heterocycles. The molecule has 6 nitrogen and oxygen atoms in total. The number of nitrogens with two attached hydrogens (primary N) is 1. The molecule has 1 saturated heterocycles. The minimum Gasteiger partial charge on any atom is -0.493 e. The fourth-order valence-electron chi connectivity index (χ4n) is 4.43. The Bertz CT molecular complexity index is 994. The van der Waals surface area contributed by atoms with E-state index in [-0.39, 0.29) is 17.9 Å². The van der Waals surface area contributed by atoms with Gasteiger partial charge in [0, 0.05) is 36.7 Å². The van der Waals surface area contributed by atoms with Crippen LogP contribution in [-0.2, 0) is 11.3 Å². The van der Waals surface area contributed by atoms with Crippen molar-refractivity contribution < 1.29 is 14.3 Å². The van der Waals surface area contributed by atoms with Crippen molar-refractivity contribution in [3.05, 3.63) is 64.7 Å². The van der Waals surface area contributed by atoms with Gasteiger partial charge in [0.1, 0.15) is 5.75 Å². The van der Waals surface area contributed by atoms with Crippen molar-refractivity contribution in [1.29, 1.82) is 0 Å². The van der Waals surface area contributed by atoms with Crippen LogP contribution in [0.1, 0.15) is 66.6 Å². The Morgan fingerprint density at radius 2 is 1.82 bits per heavy atom. The Hall–Kier alpha value is -2.86. The van der Waals surface area contributed by atoms with Crippen molar-refractivity contribution in [1.82, 2.24) is 10.2 Å². The lowest BCUT2D eigenvalue weighted by atomic mass is 9.86. The number of aryl methyl sites for hydroxylation is 2. The van der Waals surface area contributed by atoms with Crippen LogP contribution in [0.25, 0.3) is 0 Å². The van der Waals surface area contributed by atoms with E-state index in [9.17, 15) is 9.59 Å². The summed E-state index contributed by atoms with van der Waals surface area (Å²) in [5, 5.41) is 3.27. The number of carbonyl (C=O) groups excluding carboxylic acids is 2. The first-order valence-corrected chi connectivity index (χ1v) is 12.3. The second kappa shape index (κ2) is 11.5. The van der Waals surface area contributed by atoms with Crippen molar-refractivity contribution >= 4 is 11.8 Å². The maximum absolute atomic E-state index is 13.0. The van der Waals surface area contributed by atoms with Gasteiger partial charge >= 0.3 is 0 Å². The first kappa shape index (κ1) is 25.8. The number of likely N-dealkylation sites (tertiary alicyclic amines) is 1. The summed E-state index contributed by atoms with van der Waals surface area (Å²) in [4.78, 5) is 27.0. The standard InChI is InChI=1S/C28H39N3O3/c1-20-10-11-21(2)25(18-20)34-17-7-14-28(3,4)27(33)30-23-12-15-31(16-13-23)19-22-8-5-6-9-24(22)26(29)32/h5-6,8-11,18,23H,7,12-17,19H2,1-4H3,(H2,29,32)(H,30,33). The third-order valence-electron chi connectivity index (χ3n) is 6.76. The van der Waals surface area contributed by atoms with E-state index in [2.05, 4.69) is 35.3 Å². The van der Waals surface area contributed by atoms with Crippen molar-refractivity contribution in [2.75, 3.05) is 19.7 Å². The number of primary amides is 1. The zero-order chi connectivity index (χ0) is 24.7. The highest BCUT2D eigenvalue weighted by Gasteiger charge is 2.30. The molecule has 0 radical (unpaired) electrons. The van der Waals surface area contributed by atoms with Crippen LogP contribution in [-0.4, -0.2) is 42.5 Å². The quantitative estimate of drug-likeness (QED) is 0.511. The average molecular weight is 466 g/mol. The molecule has 2 amide bonds. The molecule has 0 unspecified atom stereocenters. The molecule has 0 aromatic heterocycles. The highest BCUT2D eigenvalue weighted by Crippen LogP contribution is 2.25. The monoisotopic (exact) mass is 465 g/mol. The molecule has 1 fully saturated rings. The zero-order valence-electron chi connectivity index (χ0n) is 21.0. The van der Waals surface area contributed by atoms with E-state index in [1.54, 1.807) is 6.07 Å². The topological polar surface area (TPSA) is 84.7 Å². The summed E-state index contributed by atoms with van der Waals surface area (Å²) in [7, 11) is 0. The van der Waals surface area contributed by atoms with Crippen LogP contribution in [0.3, 0.4) is 0 Å². The molecule has 1 heterocycles. The van der Waals surface area contributed by atoms with E-state index in [0.29, 0.717) is 18.7 Å². The lowest BCUT2D eigenvalue weighted by Crippen LogP contribution is -2.48. The second-order valence-electron chi connectivity index (χ2n) is 10.2. The number of rotatable bonds is 10. The number of nitrogens with zero attached hydrogens (tertiary/aromatic N) is 1. The molecule has 3 rings (SSSR count). The second-order valence-corrected chi connectivity index (χ2v) is 10.2. The van der Waals surface area contributed by atoms with Gasteiger partial charge in [0.15, 0.2) is 0 Å². The van der Waals surface area contributed by atoms with Crippen LogP contribution in [0, 0.1) is 19.3 Å². The summed E-state index contributed by atoms with van der Waals surface area (Å²) in [6.45, 7) is 11.2. The molecular formula is C28H39N3O3. The van der Waals surface area contributed by atoms with E-state index in [1.165, 1.54) is 5.56 Å². The minimum absolute atomic E-state index is 0.108. The molecule has 1 aliphatic rings. The number of carbonyl (C=O) groups is 2. The highest BCUT2D eigenvalue weighted by molar-refractivity contribution is 5.94. The molecular weight excluding hydrogens is 426 g/mol. The molecule has 0 atom stereocenters. The first-order valence-electron chi connectivity index (χ1n) is 12.3. The summed E-state index contributed by atoms with van der Waals surface area (Å²) in [6.07, 6.45) is 3.39. The predicted molar refractivity (Wildman–Crippen MR) is 136 cm³/mol. The van der Waals surface area contributed by atoms with Crippen LogP contribution in [0.4, 0.5) is 0 Å². The number of amides is 2. The lowest BCUT2D eigenvalue weighted by Gasteiger charge is -2.34. The molecule has 3 N–H and O–H groups in total. The van der Waals surface area contributed by atoms with Crippen LogP contribution in [0.15, 0.2) is 42.5 Å². The van der Waals surface area contributed by atoms with Crippen LogP contribution >= 0.6 is 0 Å². The van der Waals surface area contributed by atoms with E-state index in [4.69, 9.17) is 10.5 Å². The van der Waals surface area contributed by atoms with E-state index >= 15 is 0 Å². The van der Waals surface area contributed by atoms with E-state index in [1.807, 2.05) is 39.0 Å². The summed E-state index contributed by atoms with van der Waals surface area (Å²) in [5.74, 6) is 0.642. The smallest absolute Gasteiger partial charge is 0.249 e. The number of hydrogen-bond donors (Lipinski definition) is 2. The van der Waals surface area contributed by atoms with E-state index < -0.39 is 5.41 Å². The SMILES string of the molecule is Cc1ccc(C)c(OCCCC(C)(C)C(=O)NC2CCN(Cc3ccccc3C(N)=O)CC2)c1. The number of ether oxygens (including phenoxy) is 1. The van der Waals surface area contributed by atoms with Gasteiger partial charge in [-0.05, 0) is 68.4 Å². The number of nitrogens with one attached hydrogen (secondary N) is 1. The average Bonchev–Trinajstić information content (AvgIpc) is 2.80. The summed E-state index contributed by atoms with van der Waals surface area (Å²) >= 11 is 0. The number of hydrogen-bond acceptors (Lipinski definition) is 4. The maximum Gasteiger partial charge on any atom is 0.249 e. The molecule has 0 spiro atoms. The normalized spacial score (nSPS) is 15.2. The van der Waals surface area contributed by atoms with Crippen molar-refractivity contribution in [2.24, 2.45) is 11.1 Å². The van der Waals surface area contributed by atoms with Gasteiger partial charge in [0.05, 0.1) is 6.61 Å². The Morgan fingerprint density at radius 3 is 2.53 bits per heavy atom. The molecule has 2 aromatic rings. The molecule has 2 aromatic carbocycles. The first-order chi connectivity index (χ1) is 16.2. The van der Waals surface area contributed by atoms with Gasteiger partial charge in [-0.25, -0.2) is 0 Å². The fraction of sp³-hybridized carbons (Fsp3) is 0.500. The van der Waals surface area contributed by atoms with Crippen LogP contribution in [0.2, 0.25) is 0 Å². The summed E-state index contributed by atoms with van der Waals surface area (Å²) in [5.41, 5.74) is 8.93. The zero-order valence-corrected chi connectivity index (χ0v) is 21.0. The maximum atomic E-state index is 13.0. The third kappa shape index (κ3) is 7.07. The number of piperidine rings is 1. The third-order valence-corrected chi connectivity index (χ3v) is 6.76. The summed E-state index contributed by atoms with van der Waals surface area (Å²) < 4.78 is 5.96. The van der Waals surface area contributed by atoms with Gasteiger partial charge in [0.25, 0.3) is 0 Å². The fourth-order valence-corrected chi connectivity index (χ4v) is 4.43. The Balaban J connectivity index is 1.41. The van der Waals surface area contributed by atoms with Crippen LogP contribution in [0.5, 0.6) is 5.75 Å². The van der Waals surface area contributed by atoms with Gasteiger partial charge in [-0.3, -0.25) is 14.5 Å². The van der Waals surface area contributed by atoms with Crippen molar-refractivity contribution in [2.45, 2.75) is 66.0 Å². The Labute approximate surface area is 203 Å². The molecule has 0 saturated carbocycles. The molecule has 6 heteroatoms. The minimum atomic E-state index is -0.442. The molecule has 34 heavy (non-hydrogen) atoms. The number of benzene rings is 2. The highest BCUT2D eigenvalue weighted by atomic mass is 16.5. The summed E-state index contributed by atoms with van der Waals surface area (Å²) in [6, 6.07) is 13.9. The Morgan fingerprint density at radius 1 is 1.12 bits per heavy atom. The van der Waals surface area contributed by atoms with Gasteiger partial charge in [-0.1, -0.05) is 44.2 Å². The van der Waals surface area contributed by atoms with Crippen molar-refractivity contribution in [3.63, 3.8) is 0 Å².